The molecule has 38 valence electrons. The zero-order chi connectivity index (χ0) is 5.54. The lowest BCUT2D eigenvalue weighted by atomic mass is 11.4. The van der Waals surface area contributed by atoms with E-state index in [0.29, 0.717) is 0 Å². The van der Waals surface area contributed by atoms with Crippen LogP contribution < -0.4 is 0 Å². The lowest BCUT2D eigenvalue weighted by Crippen LogP contribution is -1.64. The van der Waals surface area contributed by atoms with E-state index in [4.69, 9.17) is 4.21 Å². The average molecular weight is 118 g/mol. The third-order valence-corrected chi connectivity index (χ3v) is 0.270. The molecule has 5 nitrogen and oxygen atoms in total. The van der Waals surface area contributed by atoms with E-state index in [1.807, 2.05) is 0 Å². The molecule has 0 saturated heterocycles. The summed E-state index contributed by atoms with van der Waals surface area (Å²) in [5.41, 5.74) is 0. The molecule has 0 unspecified atom stereocenters. The number of H-pyrrole nitrogens is 1. The van der Waals surface area contributed by atoms with Gasteiger partial charge in [0.1, 0.15) is 0 Å². The number of nitrogens with one attached hydrogen (secondary N) is 1. The van der Waals surface area contributed by atoms with E-state index < -0.39 is 0 Å². The van der Waals surface area contributed by atoms with E-state index in [0.717, 1.165) is 0 Å². The van der Waals surface area contributed by atoms with Crippen LogP contribution in [0.5, 0.6) is 0 Å². The minimum atomic E-state index is 1.33. The Morgan fingerprint density at radius 1 is 1.57 bits per heavy atom. The standard InChI is InChI=1S/CH2N4.OS/c1-2-4-5-3-1;1-2/h1H,(H,2,3,4,5);. The Hall–Kier alpha value is -0.910. The van der Waals surface area contributed by atoms with Crippen molar-refractivity contribution in [3.63, 3.8) is 0 Å². The van der Waals surface area contributed by atoms with Crippen LogP contribution in [0.2, 0.25) is 0 Å². The average Bonchev–Trinajstić information content (AvgIpc) is 2.23. The summed E-state index contributed by atoms with van der Waals surface area (Å²) < 4.78 is 7.83. The molecule has 0 fully saturated rings. The first-order valence-corrected chi connectivity index (χ1v) is 1.66. The highest BCUT2D eigenvalue weighted by molar-refractivity contribution is 7.44. The first kappa shape index (κ1) is 6.09. The van der Waals surface area contributed by atoms with Crippen molar-refractivity contribution < 1.29 is 4.21 Å². The minimum absolute atomic E-state index is 1.33. The number of nitrogens with zero attached hydrogens (tertiary/aromatic N) is 3. The van der Waals surface area contributed by atoms with Gasteiger partial charge in [-0.3, -0.25) is 0 Å². The fourth-order valence-electron chi connectivity index (χ4n) is 0.129. The molecule has 0 bridgehead atoms. The van der Waals surface area contributed by atoms with E-state index >= 15 is 0 Å². The monoisotopic (exact) mass is 118 g/mol. The maximum Gasteiger partial charge on any atom is 0.197 e. The second-order valence-corrected chi connectivity index (χ2v) is 0.560. The SMILES string of the molecule is O=S.c1nn[nH]n1. The van der Waals surface area contributed by atoms with Crippen LogP contribution in [-0.4, -0.2) is 24.8 Å². The molecule has 0 atom stereocenters. The van der Waals surface area contributed by atoms with E-state index in [1.54, 1.807) is 0 Å². The van der Waals surface area contributed by atoms with Crippen LogP contribution in [0.1, 0.15) is 0 Å². The predicted octanol–water partition coefficient (Wildman–Crippen LogP) is -1.14. The van der Waals surface area contributed by atoms with Gasteiger partial charge in [-0.25, -0.2) is 0 Å². The van der Waals surface area contributed by atoms with Gasteiger partial charge in [0, 0.05) is 0 Å². The van der Waals surface area contributed by atoms with Crippen molar-refractivity contribution in [2.45, 2.75) is 0 Å². The molecule has 0 amide bonds. The molecule has 6 heteroatoms. The Morgan fingerprint density at radius 3 is 2.43 bits per heavy atom. The molecule has 0 aliphatic carbocycles. The van der Waals surface area contributed by atoms with Crippen molar-refractivity contribution in [1.29, 1.82) is 0 Å². The second-order valence-electron chi connectivity index (χ2n) is 0.560. The zero-order valence-corrected chi connectivity index (χ0v) is 4.05. The third-order valence-electron chi connectivity index (χ3n) is 0.270. The number of aromatic nitrogens is 4. The van der Waals surface area contributed by atoms with Crippen LogP contribution in [-0.2, 0) is 12.5 Å². The van der Waals surface area contributed by atoms with Crippen molar-refractivity contribution in [3.8, 4) is 0 Å². The third kappa shape index (κ3) is 2.91. The van der Waals surface area contributed by atoms with Crippen LogP contribution in [0, 0.1) is 0 Å². The van der Waals surface area contributed by atoms with Gasteiger partial charge in [-0.05, 0) is 0 Å². The van der Waals surface area contributed by atoms with Crippen LogP contribution in [0.3, 0.4) is 0 Å². The molecule has 1 N–H and O–H groups in total. The summed E-state index contributed by atoms with van der Waals surface area (Å²) in [5, 5.41) is 12.2. The van der Waals surface area contributed by atoms with Crippen LogP contribution >= 0.6 is 0 Å². The lowest BCUT2D eigenvalue weighted by molar-refractivity contribution is 0.702. The molecule has 0 aliphatic rings. The normalized spacial score (nSPS) is 6.29. The van der Waals surface area contributed by atoms with Gasteiger partial charge in [0.2, 0.25) is 0 Å². The number of hydrogen-bond acceptors (Lipinski definition) is 5. The quantitative estimate of drug-likeness (QED) is 0.466. The molecule has 0 spiro atoms. The number of rotatable bonds is 0. The zero-order valence-electron chi connectivity index (χ0n) is 3.24. The smallest absolute Gasteiger partial charge is 0.197 e. The molecule has 7 heavy (non-hydrogen) atoms. The van der Waals surface area contributed by atoms with Gasteiger partial charge in [-0.2, -0.15) is 9.42 Å². The van der Waals surface area contributed by atoms with Crippen molar-refractivity contribution in [3.05, 3.63) is 6.33 Å². The predicted molar refractivity (Wildman–Crippen MR) is 22.3 cm³/mol. The maximum atomic E-state index is 7.83. The molecular formula is CH2N4OS. The summed E-state index contributed by atoms with van der Waals surface area (Å²) in [7, 11) is 0. The van der Waals surface area contributed by atoms with Crippen molar-refractivity contribution in [1.82, 2.24) is 20.6 Å². The molecular weight excluding hydrogens is 116 g/mol. The Labute approximate surface area is 44.6 Å². The summed E-state index contributed by atoms with van der Waals surface area (Å²) in [6.45, 7) is 0. The van der Waals surface area contributed by atoms with E-state index in [2.05, 4.69) is 33.2 Å². The Kier molecular flexibility index (Phi) is 4.43. The highest BCUT2D eigenvalue weighted by atomic mass is 32.1. The lowest BCUT2D eigenvalue weighted by Gasteiger charge is -1.44. The first-order valence-electron chi connectivity index (χ1n) is 1.33. The molecule has 1 rings (SSSR count). The van der Waals surface area contributed by atoms with Crippen LogP contribution in [0.25, 0.3) is 0 Å². The van der Waals surface area contributed by atoms with Gasteiger partial charge < -0.3 is 0 Å². The molecule has 0 saturated carbocycles. The molecule has 0 aliphatic heterocycles. The van der Waals surface area contributed by atoms with Gasteiger partial charge in [-0.15, -0.1) is 10.2 Å². The number of aromatic amines is 1. The molecule has 1 aromatic heterocycles. The Morgan fingerprint density at radius 2 is 2.29 bits per heavy atom. The first-order chi connectivity index (χ1) is 3.50. The van der Waals surface area contributed by atoms with Crippen molar-refractivity contribution >= 4 is 12.5 Å². The molecule has 1 aromatic rings. The topological polar surface area (TPSA) is 71.5 Å². The minimum Gasteiger partial charge on any atom is -0.197 e. The largest absolute Gasteiger partial charge is 0.197 e. The fraction of sp³-hybridized carbons (Fsp3) is 0. The summed E-state index contributed by atoms with van der Waals surface area (Å²) in [5.74, 6) is 0. The van der Waals surface area contributed by atoms with Gasteiger partial charge >= 0.3 is 0 Å². The van der Waals surface area contributed by atoms with Crippen LogP contribution in [0.15, 0.2) is 6.33 Å². The van der Waals surface area contributed by atoms with Crippen molar-refractivity contribution in [2.24, 2.45) is 0 Å². The van der Waals surface area contributed by atoms with Gasteiger partial charge in [-0.1, -0.05) is 5.21 Å². The summed E-state index contributed by atoms with van der Waals surface area (Å²) in [6.07, 6.45) is 1.33. The Balaban J connectivity index is 0.000000162. The Bertz CT molecular complexity index is 78.6. The second kappa shape index (κ2) is 5.09. The van der Waals surface area contributed by atoms with Gasteiger partial charge in [0.25, 0.3) is 0 Å². The summed E-state index contributed by atoms with van der Waals surface area (Å²) >= 11 is 2.83. The molecule has 0 aromatic carbocycles. The van der Waals surface area contributed by atoms with Crippen molar-refractivity contribution in [2.75, 3.05) is 0 Å². The van der Waals surface area contributed by atoms with E-state index in [1.165, 1.54) is 6.33 Å². The number of tetrazole rings is 1. The molecule has 1 heterocycles. The van der Waals surface area contributed by atoms with Gasteiger partial charge in [0.15, 0.2) is 18.9 Å². The summed E-state index contributed by atoms with van der Waals surface area (Å²) in [6, 6.07) is 0. The maximum absolute atomic E-state index is 7.83. The number of hydrogen-bond donors (Lipinski definition) is 1. The van der Waals surface area contributed by atoms with Gasteiger partial charge in [0.05, 0.1) is 0 Å². The fourth-order valence-corrected chi connectivity index (χ4v) is 0.129. The highest BCUT2D eigenvalue weighted by Crippen LogP contribution is 1.43. The summed E-state index contributed by atoms with van der Waals surface area (Å²) in [4.78, 5) is 0. The van der Waals surface area contributed by atoms with E-state index in [-0.39, 0.29) is 0 Å². The molecule has 0 radical (unpaired) electrons. The van der Waals surface area contributed by atoms with E-state index in [9.17, 15) is 0 Å². The van der Waals surface area contributed by atoms with Crippen LogP contribution in [0.4, 0.5) is 0 Å². The highest BCUT2D eigenvalue weighted by Gasteiger charge is 1.58.